The fourth-order valence-electron chi connectivity index (χ4n) is 1.41. The molecule has 0 fully saturated rings. The van der Waals surface area contributed by atoms with Crippen LogP contribution in [-0.4, -0.2) is 11.3 Å². The van der Waals surface area contributed by atoms with Gasteiger partial charge in [-0.2, -0.15) is 5.26 Å². The van der Waals surface area contributed by atoms with Crippen molar-refractivity contribution < 1.29 is 0 Å². The lowest BCUT2D eigenvalue weighted by Crippen LogP contribution is -2.33. The van der Waals surface area contributed by atoms with Gasteiger partial charge in [0.2, 0.25) is 0 Å². The van der Waals surface area contributed by atoms with Crippen molar-refractivity contribution in [2.45, 2.75) is 36.6 Å². The largest absolute Gasteiger partial charge is 0.314 e. The summed E-state index contributed by atoms with van der Waals surface area (Å²) in [4.78, 5) is 1.11. The standard InChI is InChI=1S/C13H16Cl2N2S/c1-13(17,9-16)6-2-3-7-18-10-4-5-11(14)12(15)8-10/h4-5,8H,2-3,6-7,17H2,1H3. The highest BCUT2D eigenvalue weighted by Gasteiger charge is 2.15. The second-order valence-electron chi connectivity index (χ2n) is 4.41. The zero-order valence-corrected chi connectivity index (χ0v) is 12.6. The molecule has 1 aromatic rings. The first kappa shape index (κ1) is 15.7. The fraction of sp³-hybridized carbons (Fsp3) is 0.462. The minimum atomic E-state index is -0.700. The molecule has 1 rings (SSSR count). The van der Waals surface area contributed by atoms with E-state index < -0.39 is 5.54 Å². The quantitative estimate of drug-likeness (QED) is 0.622. The van der Waals surface area contributed by atoms with Crippen molar-refractivity contribution in [1.82, 2.24) is 0 Å². The SMILES string of the molecule is CC(N)(C#N)CCCCSc1ccc(Cl)c(Cl)c1. The van der Waals surface area contributed by atoms with E-state index in [-0.39, 0.29) is 0 Å². The van der Waals surface area contributed by atoms with Gasteiger partial charge in [0.1, 0.15) is 5.54 Å². The molecule has 1 aromatic carbocycles. The van der Waals surface area contributed by atoms with E-state index in [2.05, 4.69) is 6.07 Å². The third-order valence-corrected chi connectivity index (χ3v) is 4.32. The van der Waals surface area contributed by atoms with Gasteiger partial charge in [-0.05, 0) is 50.1 Å². The monoisotopic (exact) mass is 302 g/mol. The maximum atomic E-state index is 8.78. The van der Waals surface area contributed by atoms with Crippen molar-refractivity contribution >= 4 is 35.0 Å². The Morgan fingerprint density at radius 3 is 2.67 bits per heavy atom. The second kappa shape index (κ2) is 7.25. The Morgan fingerprint density at radius 2 is 2.06 bits per heavy atom. The van der Waals surface area contributed by atoms with Crippen LogP contribution in [0, 0.1) is 11.3 Å². The van der Waals surface area contributed by atoms with E-state index >= 15 is 0 Å². The molecule has 18 heavy (non-hydrogen) atoms. The summed E-state index contributed by atoms with van der Waals surface area (Å²) >= 11 is 13.5. The molecule has 0 heterocycles. The number of nitriles is 1. The normalized spacial score (nSPS) is 13.9. The zero-order valence-electron chi connectivity index (χ0n) is 10.2. The Morgan fingerprint density at radius 1 is 1.33 bits per heavy atom. The second-order valence-corrected chi connectivity index (χ2v) is 6.39. The van der Waals surface area contributed by atoms with Crippen LogP contribution in [0.2, 0.25) is 10.0 Å². The number of hydrogen-bond acceptors (Lipinski definition) is 3. The fourth-order valence-corrected chi connectivity index (χ4v) is 2.72. The van der Waals surface area contributed by atoms with Crippen molar-refractivity contribution in [2.75, 3.05) is 5.75 Å². The molecule has 0 spiro atoms. The first-order chi connectivity index (χ1) is 8.44. The predicted molar refractivity (Wildman–Crippen MR) is 79.2 cm³/mol. The molecule has 0 saturated carbocycles. The van der Waals surface area contributed by atoms with Crippen molar-refractivity contribution in [3.05, 3.63) is 28.2 Å². The minimum Gasteiger partial charge on any atom is -0.314 e. The first-order valence-corrected chi connectivity index (χ1v) is 7.47. The van der Waals surface area contributed by atoms with Gasteiger partial charge in [0, 0.05) is 4.90 Å². The maximum Gasteiger partial charge on any atom is 0.101 e. The topological polar surface area (TPSA) is 49.8 Å². The summed E-state index contributed by atoms with van der Waals surface area (Å²) in [6.45, 7) is 1.76. The van der Waals surface area contributed by atoms with Gasteiger partial charge in [0.05, 0.1) is 16.1 Å². The number of unbranched alkanes of at least 4 members (excludes halogenated alkanes) is 1. The summed E-state index contributed by atoms with van der Waals surface area (Å²) in [7, 11) is 0. The number of thioether (sulfide) groups is 1. The Hall–Kier alpha value is -0.400. The Labute approximate surface area is 122 Å². The Bertz CT molecular complexity index is 441. The van der Waals surface area contributed by atoms with Crippen molar-refractivity contribution in [3.8, 4) is 6.07 Å². The van der Waals surface area contributed by atoms with Gasteiger partial charge >= 0.3 is 0 Å². The lowest BCUT2D eigenvalue weighted by atomic mass is 9.99. The lowest BCUT2D eigenvalue weighted by Gasteiger charge is -2.14. The summed E-state index contributed by atoms with van der Waals surface area (Å²) < 4.78 is 0. The zero-order chi connectivity index (χ0) is 13.6. The van der Waals surface area contributed by atoms with Gasteiger partial charge in [-0.15, -0.1) is 11.8 Å². The highest BCUT2D eigenvalue weighted by molar-refractivity contribution is 7.99. The molecule has 98 valence electrons. The van der Waals surface area contributed by atoms with Crippen molar-refractivity contribution in [3.63, 3.8) is 0 Å². The summed E-state index contributed by atoms with van der Waals surface area (Å²) in [5, 5.41) is 9.94. The molecule has 1 atom stereocenters. The first-order valence-electron chi connectivity index (χ1n) is 5.72. The molecule has 0 aliphatic heterocycles. The van der Waals surface area contributed by atoms with Crippen molar-refractivity contribution in [2.24, 2.45) is 5.73 Å². The number of benzene rings is 1. The third-order valence-electron chi connectivity index (χ3n) is 2.51. The van der Waals surface area contributed by atoms with Crippen LogP contribution in [0.3, 0.4) is 0 Å². The van der Waals surface area contributed by atoms with Gasteiger partial charge in [-0.1, -0.05) is 23.2 Å². The summed E-state index contributed by atoms with van der Waals surface area (Å²) in [5.41, 5.74) is 5.05. The average Bonchev–Trinajstić information content (AvgIpc) is 2.33. The smallest absolute Gasteiger partial charge is 0.101 e. The van der Waals surface area contributed by atoms with Crippen LogP contribution in [0.1, 0.15) is 26.2 Å². The van der Waals surface area contributed by atoms with Gasteiger partial charge < -0.3 is 5.73 Å². The number of rotatable bonds is 6. The van der Waals surface area contributed by atoms with Crippen LogP contribution in [-0.2, 0) is 0 Å². The average molecular weight is 303 g/mol. The van der Waals surface area contributed by atoms with E-state index in [0.717, 1.165) is 29.9 Å². The molecule has 0 aliphatic carbocycles. The van der Waals surface area contributed by atoms with E-state index in [0.29, 0.717) is 10.0 Å². The van der Waals surface area contributed by atoms with E-state index in [1.54, 1.807) is 24.8 Å². The van der Waals surface area contributed by atoms with E-state index in [4.69, 9.17) is 34.2 Å². The molecule has 0 bridgehead atoms. The van der Waals surface area contributed by atoms with Crippen LogP contribution in [0.15, 0.2) is 23.1 Å². The number of nitrogens with zero attached hydrogens (tertiary/aromatic N) is 1. The molecular weight excluding hydrogens is 287 g/mol. The Kier molecular flexibility index (Phi) is 6.31. The molecular formula is C13H16Cl2N2S. The van der Waals surface area contributed by atoms with Gasteiger partial charge in [0.15, 0.2) is 0 Å². The molecule has 2 N–H and O–H groups in total. The molecule has 5 heteroatoms. The predicted octanol–water partition coefficient (Wildman–Crippen LogP) is 4.50. The molecule has 0 amide bonds. The van der Waals surface area contributed by atoms with Gasteiger partial charge in [-0.25, -0.2) is 0 Å². The minimum absolute atomic E-state index is 0.578. The highest BCUT2D eigenvalue weighted by atomic mass is 35.5. The van der Waals surface area contributed by atoms with E-state index in [9.17, 15) is 0 Å². The molecule has 2 nitrogen and oxygen atoms in total. The third kappa shape index (κ3) is 5.49. The number of nitrogens with two attached hydrogens (primary N) is 1. The molecule has 0 saturated heterocycles. The van der Waals surface area contributed by atoms with Crippen LogP contribution < -0.4 is 5.73 Å². The van der Waals surface area contributed by atoms with E-state index in [1.807, 2.05) is 12.1 Å². The number of hydrogen-bond donors (Lipinski definition) is 1. The van der Waals surface area contributed by atoms with Gasteiger partial charge in [0.25, 0.3) is 0 Å². The maximum absolute atomic E-state index is 8.78. The molecule has 0 aromatic heterocycles. The van der Waals surface area contributed by atoms with Crippen LogP contribution in [0.25, 0.3) is 0 Å². The lowest BCUT2D eigenvalue weighted by molar-refractivity contribution is 0.519. The highest BCUT2D eigenvalue weighted by Crippen LogP contribution is 2.28. The summed E-state index contributed by atoms with van der Waals surface area (Å²) in [6, 6.07) is 7.74. The molecule has 1 unspecified atom stereocenters. The molecule has 0 radical (unpaired) electrons. The van der Waals surface area contributed by atoms with Crippen LogP contribution in [0.4, 0.5) is 0 Å². The van der Waals surface area contributed by atoms with Crippen LogP contribution >= 0.6 is 35.0 Å². The van der Waals surface area contributed by atoms with Crippen molar-refractivity contribution in [1.29, 1.82) is 5.26 Å². The summed E-state index contributed by atoms with van der Waals surface area (Å²) in [6.07, 6.45) is 2.71. The Balaban J connectivity index is 2.26. The molecule has 0 aliphatic rings. The number of halogens is 2. The van der Waals surface area contributed by atoms with Crippen LogP contribution in [0.5, 0.6) is 0 Å². The summed E-state index contributed by atoms with van der Waals surface area (Å²) in [5.74, 6) is 0.986. The van der Waals surface area contributed by atoms with Gasteiger partial charge in [-0.3, -0.25) is 0 Å². The van der Waals surface area contributed by atoms with E-state index in [1.165, 1.54) is 0 Å².